The molecule has 1 aliphatic rings. The number of hydrogen-bond acceptors (Lipinski definition) is 7. The molecule has 0 aromatic carbocycles. The zero-order chi connectivity index (χ0) is 16.1. The van der Waals surface area contributed by atoms with Crippen molar-refractivity contribution >= 4 is 23.4 Å². The molecular formula is C15H19N7O. The van der Waals surface area contributed by atoms with Gasteiger partial charge in [-0.15, -0.1) is 0 Å². The average molecular weight is 313 g/mol. The summed E-state index contributed by atoms with van der Waals surface area (Å²) >= 11 is 0. The lowest BCUT2D eigenvalue weighted by Crippen LogP contribution is -2.47. The number of anilines is 3. The van der Waals surface area contributed by atoms with Crippen molar-refractivity contribution in [2.75, 3.05) is 47.8 Å². The van der Waals surface area contributed by atoms with Crippen molar-refractivity contribution in [1.29, 1.82) is 0 Å². The Morgan fingerprint density at radius 1 is 1.09 bits per heavy atom. The molecule has 3 rings (SSSR count). The molecule has 1 fully saturated rings. The van der Waals surface area contributed by atoms with E-state index in [0.717, 1.165) is 37.8 Å². The molecule has 1 amide bonds. The summed E-state index contributed by atoms with van der Waals surface area (Å²) in [6.45, 7) is 3.40. The topological polar surface area (TPSA) is 100 Å². The van der Waals surface area contributed by atoms with E-state index >= 15 is 0 Å². The summed E-state index contributed by atoms with van der Waals surface area (Å²) in [6.07, 6.45) is 5.28. The number of nitrogens with two attached hydrogens (primary N) is 1. The number of pyridine rings is 1. The Labute approximate surface area is 134 Å². The van der Waals surface area contributed by atoms with E-state index in [1.165, 1.54) is 0 Å². The molecule has 0 unspecified atom stereocenters. The molecule has 120 valence electrons. The van der Waals surface area contributed by atoms with Gasteiger partial charge in [-0.25, -0.2) is 15.0 Å². The van der Waals surface area contributed by atoms with Gasteiger partial charge in [0.05, 0.1) is 18.4 Å². The van der Waals surface area contributed by atoms with E-state index in [0.29, 0.717) is 5.82 Å². The maximum atomic E-state index is 11.2. The first kappa shape index (κ1) is 15.2. The predicted octanol–water partition coefficient (Wildman–Crippen LogP) is 0.0954. The quantitative estimate of drug-likeness (QED) is 0.825. The van der Waals surface area contributed by atoms with Gasteiger partial charge in [0, 0.05) is 38.6 Å². The van der Waals surface area contributed by atoms with Crippen molar-refractivity contribution in [3.63, 3.8) is 0 Å². The maximum Gasteiger partial charge on any atom is 0.239 e. The van der Waals surface area contributed by atoms with Gasteiger partial charge in [-0.3, -0.25) is 4.79 Å². The van der Waals surface area contributed by atoms with E-state index in [-0.39, 0.29) is 12.5 Å². The van der Waals surface area contributed by atoms with Gasteiger partial charge in [-0.2, -0.15) is 0 Å². The zero-order valence-corrected chi connectivity index (χ0v) is 12.7. The number of carbonyl (C=O) groups is 1. The van der Waals surface area contributed by atoms with E-state index in [4.69, 9.17) is 5.73 Å². The van der Waals surface area contributed by atoms with Gasteiger partial charge in [0.1, 0.15) is 5.82 Å². The standard InChI is InChI=1S/C15H19N7O/c16-10-14(23)20-13-3-2-12(11-19-13)21-6-8-22(9-7-21)15-17-4-1-5-18-15/h1-5,11H,6-10,16H2,(H,19,20,23). The van der Waals surface area contributed by atoms with E-state index in [2.05, 4.69) is 30.1 Å². The van der Waals surface area contributed by atoms with E-state index < -0.39 is 0 Å². The fraction of sp³-hybridized carbons (Fsp3) is 0.333. The molecule has 8 heteroatoms. The highest BCUT2D eigenvalue weighted by Gasteiger charge is 2.19. The number of hydrogen-bond donors (Lipinski definition) is 2. The minimum atomic E-state index is -0.248. The lowest BCUT2D eigenvalue weighted by molar-refractivity contribution is -0.114. The molecule has 8 nitrogen and oxygen atoms in total. The highest BCUT2D eigenvalue weighted by Crippen LogP contribution is 2.18. The first-order valence-corrected chi connectivity index (χ1v) is 7.49. The number of carbonyl (C=O) groups excluding carboxylic acids is 1. The lowest BCUT2D eigenvalue weighted by Gasteiger charge is -2.35. The van der Waals surface area contributed by atoms with Crippen LogP contribution in [-0.2, 0) is 4.79 Å². The number of amides is 1. The molecule has 3 N–H and O–H groups in total. The number of aromatic nitrogens is 3. The number of nitrogens with one attached hydrogen (secondary N) is 1. The lowest BCUT2D eigenvalue weighted by atomic mass is 10.3. The van der Waals surface area contributed by atoms with E-state index in [1.54, 1.807) is 24.7 Å². The van der Waals surface area contributed by atoms with E-state index in [1.807, 2.05) is 12.1 Å². The van der Waals surface area contributed by atoms with Gasteiger partial charge in [0.2, 0.25) is 11.9 Å². The van der Waals surface area contributed by atoms with Crippen LogP contribution >= 0.6 is 0 Å². The van der Waals surface area contributed by atoms with Crippen molar-refractivity contribution in [2.45, 2.75) is 0 Å². The maximum absolute atomic E-state index is 11.2. The SMILES string of the molecule is NCC(=O)Nc1ccc(N2CCN(c3ncccn3)CC2)cn1. The number of nitrogens with zero attached hydrogens (tertiary/aromatic N) is 5. The van der Waals surface area contributed by atoms with Crippen LogP contribution in [0.15, 0.2) is 36.8 Å². The minimum absolute atomic E-state index is 0.0487. The van der Waals surface area contributed by atoms with Crippen LogP contribution in [0.2, 0.25) is 0 Å². The molecule has 2 aromatic rings. The third-order valence-corrected chi connectivity index (χ3v) is 3.68. The molecular weight excluding hydrogens is 294 g/mol. The summed E-state index contributed by atoms with van der Waals surface area (Å²) in [5, 5.41) is 2.63. The molecule has 0 saturated carbocycles. The smallest absolute Gasteiger partial charge is 0.239 e. The second kappa shape index (κ2) is 7.01. The van der Waals surface area contributed by atoms with Gasteiger partial charge < -0.3 is 20.9 Å². The van der Waals surface area contributed by atoms with Gasteiger partial charge in [0.15, 0.2) is 0 Å². The molecule has 1 aliphatic heterocycles. The van der Waals surface area contributed by atoms with Crippen LogP contribution < -0.4 is 20.9 Å². The fourth-order valence-electron chi connectivity index (χ4n) is 2.46. The van der Waals surface area contributed by atoms with Crippen molar-refractivity contribution in [3.05, 3.63) is 36.8 Å². The normalized spacial score (nSPS) is 14.7. The van der Waals surface area contributed by atoms with Crippen molar-refractivity contribution in [3.8, 4) is 0 Å². The predicted molar refractivity (Wildman–Crippen MR) is 88.4 cm³/mol. The molecule has 0 atom stereocenters. The first-order valence-electron chi connectivity index (χ1n) is 7.49. The molecule has 0 aliphatic carbocycles. The third kappa shape index (κ3) is 3.72. The van der Waals surface area contributed by atoms with Crippen molar-refractivity contribution in [2.24, 2.45) is 5.73 Å². The van der Waals surface area contributed by atoms with Gasteiger partial charge in [-0.1, -0.05) is 0 Å². The summed E-state index contributed by atoms with van der Waals surface area (Å²) in [7, 11) is 0. The summed E-state index contributed by atoms with van der Waals surface area (Å²) in [5.74, 6) is 1.03. The largest absolute Gasteiger partial charge is 0.367 e. The molecule has 0 spiro atoms. The van der Waals surface area contributed by atoms with Crippen LogP contribution in [0.25, 0.3) is 0 Å². The van der Waals surface area contributed by atoms with Crippen LogP contribution in [0.4, 0.5) is 17.5 Å². The first-order chi connectivity index (χ1) is 11.3. The second-order valence-electron chi connectivity index (χ2n) is 5.18. The van der Waals surface area contributed by atoms with Crippen LogP contribution in [0.3, 0.4) is 0 Å². The Kier molecular flexibility index (Phi) is 4.62. The highest BCUT2D eigenvalue weighted by molar-refractivity contribution is 5.91. The highest BCUT2D eigenvalue weighted by atomic mass is 16.1. The summed E-state index contributed by atoms with van der Waals surface area (Å²) in [5.41, 5.74) is 6.30. The molecule has 1 saturated heterocycles. The van der Waals surface area contributed by atoms with Gasteiger partial charge in [0.25, 0.3) is 0 Å². The molecule has 2 aromatic heterocycles. The van der Waals surface area contributed by atoms with Crippen LogP contribution in [0.1, 0.15) is 0 Å². The molecule has 0 radical (unpaired) electrons. The Morgan fingerprint density at radius 2 is 1.78 bits per heavy atom. The van der Waals surface area contributed by atoms with Crippen LogP contribution in [0.5, 0.6) is 0 Å². The summed E-state index contributed by atoms with van der Waals surface area (Å²) in [4.78, 5) is 28.5. The van der Waals surface area contributed by atoms with Crippen molar-refractivity contribution < 1.29 is 4.79 Å². The molecule has 0 bridgehead atoms. The monoisotopic (exact) mass is 313 g/mol. The summed E-state index contributed by atoms with van der Waals surface area (Å²) < 4.78 is 0. The Hall–Kier alpha value is -2.74. The average Bonchev–Trinajstić information content (AvgIpc) is 2.63. The number of piperazine rings is 1. The molecule has 23 heavy (non-hydrogen) atoms. The van der Waals surface area contributed by atoms with Gasteiger partial charge >= 0.3 is 0 Å². The zero-order valence-electron chi connectivity index (χ0n) is 12.7. The number of rotatable bonds is 4. The van der Waals surface area contributed by atoms with E-state index in [9.17, 15) is 4.79 Å². The van der Waals surface area contributed by atoms with Crippen LogP contribution in [0, 0.1) is 0 Å². The minimum Gasteiger partial charge on any atom is -0.367 e. The Bertz CT molecular complexity index is 639. The second-order valence-corrected chi connectivity index (χ2v) is 5.18. The molecule has 3 heterocycles. The van der Waals surface area contributed by atoms with Crippen LogP contribution in [-0.4, -0.2) is 53.6 Å². The fourth-order valence-corrected chi connectivity index (χ4v) is 2.46. The Morgan fingerprint density at radius 3 is 2.39 bits per heavy atom. The summed E-state index contributed by atoms with van der Waals surface area (Å²) in [6, 6.07) is 5.56. The Balaban J connectivity index is 1.58. The van der Waals surface area contributed by atoms with Gasteiger partial charge in [-0.05, 0) is 18.2 Å². The van der Waals surface area contributed by atoms with Crippen molar-refractivity contribution in [1.82, 2.24) is 15.0 Å². The third-order valence-electron chi connectivity index (χ3n) is 3.68.